The van der Waals surface area contributed by atoms with E-state index < -0.39 is 0 Å². The maximum Gasteiger partial charge on any atom is 0.221 e. The van der Waals surface area contributed by atoms with Gasteiger partial charge in [-0.15, -0.1) is 11.3 Å². The molecule has 2 heterocycles. The first-order chi connectivity index (χ1) is 12.1. The predicted octanol–water partition coefficient (Wildman–Crippen LogP) is 3.44. The van der Waals surface area contributed by atoms with Crippen LogP contribution in [0.25, 0.3) is 10.9 Å². The number of hydrogen-bond acceptors (Lipinski definition) is 3. The van der Waals surface area contributed by atoms with E-state index in [2.05, 4.69) is 69.8 Å². The van der Waals surface area contributed by atoms with Crippen LogP contribution < -0.4 is 5.32 Å². The monoisotopic (exact) mass is 355 g/mol. The molecule has 1 aromatic carbocycles. The minimum absolute atomic E-state index is 0.0884. The molecule has 0 aliphatic rings. The summed E-state index contributed by atoms with van der Waals surface area (Å²) in [5, 5.41) is 6.36. The van der Waals surface area contributed by atoms with Gasteiger partial charge in [-0.3, -0.25) is 4.79 Å². The van der Waals surface area contributed by atoms with Gasteiger partial charge < -0.3 is 14.8 Å². The van der Waals surface area contributed by atoms with Gasteiger partial charge in [-0.1, -0.05) is 24.3 Å². The van der Waals surface area contributed by atoms with E-state index in [9.17, 15) is 4.79 Å². The summed E-state index contributed by atoms with van der Waals surface area (Å²) >= 11 is 1.72. The van der Waals surface area contributed by atoms with Crippen LogP contribution in [-0.2, 0) is 11.8 Å². The van der Waals surface area contributed by atoms with Gasteiger partial charge in [0.2, 0.25) is 5.91 Å². The molecule has 1 atom stereocenters. The molecule has 1 amide bonds. The number of benzene rings is 1. The molecule has 3 rings (SSSR count). The van der Waals surface area contributed by atoms with Crippen molar-refractivity contribution >= 4 is 28.1 Å². The zero-order valence-electron chi connectivity index (χ0n) is 15.0. The van der Waals surface area contributed by atoms with Crippen molar-refractivity contribution in [2.45, 2.75) is 12.3 Å². The smallest absolute Gasteiger partial charge is 0.221 e. The molecule has 1 unspecified atom stereocenters. The molecular weight excluding hydrogens is 330 g/mol. The highest BCUT2D eigenvalue weighted by molar-refractivity contribution is 7.10. The fraction of sp³-hybridized carbons (Fsp3) is 0.350. The average Bonchev–Trinajstić information content (AvgIpc) is 3.21. The van der Waals surface area contributed by atoms with Crippen LogP contribution in [0.15, 0.2) is 48.0 Å². The molecular formula is C20H25N3OS. The van der Waals surface area contributed by atoms with Gasteiger partial charge in [-0.05, 0) is 37.2 Å². The molecule has 1 N–H and O–H groups in total. The van der Waals surface area contributed by atoms with Gasteiger partial charge in [0.25, 0.3) is 0 Å². The Hall–Kier alpha value is -2.11. The van der Waals surface area contributed by atoms with Crippen molar-refractivity contribution in [2.24, 2.45) is 7.05 Å². The molecule has 4 nitrogen and oxygen atoms in total. The Morgan fingerprint density at radius 3 is 2.76 bits per heavy atom. The second kappa shape index (κ2) is 7.85. The minimum Gasteiger partial charge on any atom is -0.355 e. The zero-order valence-corrected chi connectivity index (χ0v) is 15.8. The van der Waals surface area contributed by atoms with Gasteiger partial charge in [-0.25, -0.2) is 0 Å². The largest absolute Gasteiger partial charge is 0.355 e. The van der Waals surface area contributed by atoms with Crippen LogP contribution in [0.4, 0.5) is 0 Å². The van der Waals surface area contributed by atoms with E-state index in [1.807, 2.05) is 14.1 Å². The maximum absolute atomic E-state index is 12.5. The highest BCUT2D eigenvalue weighted by Gasteiger charge is 2.22. The fourth-order valence-electron chi connectivity index (χ4n) is 3.18. The molecule has 5 heteroatoms. The van der Waals surface area contributed by atoms with Crippen LogP contribution in [0.1, 0.15) is 22.8 Å². The summed E-state index contributed by atoms with van der Waals surface area (Å²) in [6, 6.07) is 12.6. The summed E-state index contributed by atoms with van der Waals surface area (Å²) in [5.41, 5.74) is 2.43. The first-order valence-corrected chi connectivity index (χ1v) is 9.43. The molecule has 3 aromatic rings. The number of para-hydroxylation sites is 1. The van der Waals surface area contributed by atoms with Gasteiger partial charge >= 0.3 is 0 Å². The molecule has 0 aliphatic carbocycles. The SMILES string of the molecule is CN(C)CCNC(=O)CC(c1cccs1)c1cn(C)c2ccccc12. The van der Waals surface area contributed by atoms with Crippen molar-refractivity contribution in [3.05, 3.63) is 58.4 Å². The lowest BCUT2D eigenvalue weighted by molar-refractivity contribution is -0.121. The number of nitrogens with one attached hydrogen (secondary N) is 1. The van der Waals surface area contributed by atoms with Gasteiger partial charge in [0.15, 0.2) is 0 Å². The molecule has 0 bridgehead atoms. The van der Waals surface area contributed by atoms with Crippen molar-refractivity contribution in [1.82, 2.24) is 14.8 Å². The number of fused-ring (bicyclic) bond motifs is 1. The Balaban J connectivity index is 1.87. The predicted molar refractivity (Wildman–Crippen MR) is 105 cm³/mol. The van der Waals surface area contributed by atoms with Crippen molar-refractivity contribution in [3.8, 4) is 0 Å². The number of likely N-dealkylation sites (N-methyl/N-ethyl adjacent to an activating group) is 1. The Bertz CT molecular complexity index is 836. The standard InChI is InChI=1S/C20H25N3OS/c1-22(2)11-10-21-20(24)13-16(19-9-6-12-25-19)17-14-23(3)18-8-5-4-7-15(17)18/h4-9,12,14,16H,10-11,13H2,1-3H3,(H,21,24). The fourth-order valence-corrected chi connectivity index (χ4v) is 4.03. The third kappa shape index (κ3) is 4.11. The van der Waals surface area contributed by atoms with Crippen LogP contribution >= 0.6 is 11.3 Å². The first kappa shape index (κ1) is 17.7. The summed E-state index contributed by atoms with van der Waals surface area (Å²) < 4.78 is 2.15. The Kier molecular flexibility index (Phi) is 5.56. The molecule has 0 aliphatic heterocycles. The molecule has 0 saturated carbocycles. The Labute approximate surface area is 153 Å². The van der Waals surface area contributed by atoms with Gasteiger partial charge in [-0.2, -0.15) is 0 Å². The van der Waals surface area contributed by atoms with Crippen molar-refractivity contribution in [1.29, 1.82) is 0 Å². The third-order valence-corrected chi connectivity index (χ3v) is 5.45. The number of nitrogens with zero attached hydrogens (tertiary/aromatic N) is 2. The van der Waals surface area contributed by atoms with Crippen molar-refractivity contribution in [2.75, 3.05) is 27.2 Å². The minimum atomic E-state index is 0.0884. The number of rotatable bonds is 7. The molecule has 0 saturated heterocycles. The Morgan fingerprint density at radius 2 is 2.04 bits per heavy atom. The van der Waals surface area contributed by atoms with Crippen LogP contribution in [0.3, 0.4) is 0 Å². The second-order valence-corrected chi connectivity index (χ2v) is 7.62. The van der Waals surface area contributed by atoms with E-state index in [1.54, 1.807) is 11.3 Å². The van der Waals surface area contributed by atoms with Crippen LogP contribution in [0.2, 0.25) is 0 Å². The number of thiophene rings is 1. The van der Waals surface area contributed by atoms with E-state index in [0.29, 0.717) is 13.0 Å². The van der Waals surface area contributed by atoms with E-state index >= 15 is 0 Å². The molecule has 0 radical (unpaired) electrons. The van der Waals surface area contributed by atoms with Crippen molar-refractivity contribution in [3.63, 3.8) is 0 Å². The number of carbonyl (C=O) groups excluding carboxylic acids is 1. The second-order valence-electron chi connectivity index (χ2n) is 6.64. The van der Waals surface area contributed by atoms with E-state index in [0.717, 1.165) is 6.54 Å². The van der Waals surface area contributed by atoms with E-state index in [-0.39, 0.29) is 11.8 Å². The Morgan fingerprint density at radius 1 is 1.24 bits per heavy atom. The van der Waals surface area contributed by atoms with Crippen LogP contribution in [0, 0.1) is 0 Å². The van der Waals surface area contributed by atoms with E-state index in [4.69, 9.17) is 0 Å². The van der Waals surface area contributed by atoms with E-state index in [1.165, 1.54) is 21.3 Å². The van der Waals surface area contributed by atoms with Crippen LogP contribution in [-0.4, -0.2) is 42.6 Å². The first-order valence-electron chi connectivity index (χ1n) is 8.55. The summed E-state index contributed by atoms with van der Waals surface area (Å²) in [7, 11) is 6.09. The lowest BCUT2D eigenvalue weighted by Gasteiger charge is -2.16. The molecule has 2 aromatic heterocycles. The number of aryl methyl sites for hydroxylation is 1. The molecule has 25 heavy (non-hydrogen) atoms. The molecule has 0 spiro atoms. The average molecular weight is 356 g/mol. The topological polar surface area (TPSA) is 37.3 Å². The molecule has 0 fully saturated rings. The normalized spacial score (nSPS) is 12.6. The van der Waals surface area contributed by atoms with Gasteiger partial charge in [0.05, 0.1) is 0 Å². The van der Waals surface area contributed by atoms with Crippen molar-refractivity contribution < 1.29 is 4.79 Å². The summed E-state index contributed by atoms with van der Waals surface area (Å²) in [6.45, 7) is 1.53. The summed E-state index contributed by atoms with van der Waals surface area (Å²) in [6.07, 6.45) is 2.64. The summed E-state index contributed by atoms with van der Waals surface area (Å²) in [5.74, 6) is 0.193. The third-order valence-electron chi connectivity index (χ3n) is 4.46. The lowest BCUT2D eigenvalue weighted by Crippen LogP contribution is -2.32. The highest BCUT2D eigenvalue weighted by Crippen LogP contribution is 2.36. The lowest BCUT2D eigenvalue weighted by atomic mass is 9.93. The van der Waals surface area contributed by atoms with Gasteiger partial charge in [0, 0.05) is 54.5 Å². The molecule has 132 valence electrons. The van der Waals surface area contributed by atoms with Crippen LogP contribution in [0.5, 0.6) is 0 Å². The summed E-state index contributed by atoms with van der Waals surface area (Å²) in [4.78, 5) is 15.8. The maximum atomic E-state index is 12.5. The highest BCUT2D eigenvalue weighted by atomic mass is 32.1. The quantitative estimate of drug-likeness (QED) is 0.705. The number of amides is 1. The number of hydrogen-bond donors (Lipinski definition) is 1. The zero-order chi connectivity index (χ0) is 17.8. The number of aromatic nitrogens is 1. The van der Waals surface area contributed by atoms with Gasteiger partial charge in [0.1, 0.15) is 0 Å². The number of carbonyl (C=O) groups is 1.